The van der Waals surface area contributed by atoms with Crippen molar-refractivity contribution in [3.8, 4) is 0 Å². The fourth-order valence-electron chi connectivity index (χ4n) is 2.25. The first-order valence-corrected chi connectivity index (χ1v) is 7.21. The Hall–Kier alpha value is -0.490. The Morgan fingerprint density at radius 3 is 1.94 bits per heavy atom. The van der Waals surface area contributed by atoms with E-state index in [2.05, 4.69) is 52.0 Å². The molecule has 1 heteroatoms. The van der Waals surface area contributed by atoms with Gasteiger partial charge in [-0.25, -0.2) is 0 Å². The van der Waals surface area contributed by atoms with Crippen molar-refractivity contribution in [2.75, 3.05) is 5.88 Å². The van der Waals surface area contributed by atoms with Crippen LogP contribution in [0, 0.1) is 11.8 Å². The van der Waals surface area contributed by atoms with Crippen molar-refractivity contribution in [3.05, 3.63) is 35.4 Å². The Kier molecular flexibility index (Phi) is 6.05. The van der Waals surface area contributed by atoms with E-state index in [1.807, 2.05) is 0 Å². The van der Waals surface area contributed by atoms with E-state index in [0.29, 0.717) is 11.8 Å². The largest absolute Gasteiger partial charge is 0.126 e. The van der Waals surface area contributed by atoms with E-state index >= 15 is 0 Å². The van der Waals surface area contributed by atoms with Gasteiger partial charge in [-0.1, -0.05) is 52.0 Å². The summed E-state index contributed by atoms with van der Waals surface area (Å²) >= 11 is 6.07. The molecule has 0 aliphatic heterocycles. The molecule has 1 atom stereocenters. The van der Waals surface area contributed by atoms with Crippen LogP contribution in [0.3, 0.4) is 0 Å². The minimum atomic E-state index is 0.504. The van der Waals surface area contributed by atoms with Crippen molar-refractivity contribution in [3.63, 3.8) is 0 Å². The van der Waals surface area contributed by atoms with E-state index in [9.17, 15) is 0 Å². The fourth-order valence-corrected chi connectivity index (χ4v) is 2.56. The van der Waals surface area contributed by atoms with Gasteiger partial charge in [0.2, 0.25) is 0 Å². The van der Waals surface area contributed by atoms with Gasteiger partial charge in [-0.05, 0) is 41.7 Å². The minimum absolute atomic E-state index is 0.504. The molecule has 0 aliphatic rings. The van der Waals surface area contributed by atoms with Gasteiger partial charge in [-0.3, -0.25) is 0 Å². The first-order chi connectivity index (χ1) is 8.02. The molecular formula is C16H25Cl. The molecule has 0 aliphatic carbocycles. The zero-order valence-corrected chi connectivity index (χ0v) is 12.3. The van der Waals surface area contributed by atoms with E-state index in [-0.39, 0.29) is 0 Å². The zero-order valence-electron chi connectivity index (χ0n) is 11.5. The van der Waals surface area contributed by atoms with Crippen molar-refractivity contribution in [1.29, 1.82) is 0 Å². The standard InChI is InChI=1S/C16H25Cl/c1-12(2)9-14-5-7-15(8-6-14)16(11-17)10-13(3)4/h5-8,12-13,16H,9-11H2,1-4H3. The van der Waals surface area contributed by atoms with E-state index in [1.54, 1.807) is 0 Å². The molecule has 0 nitrogen and oxygen atoms in total. The second-order valence-corrected chi connectivity index (χ2v) is 6.13. The molecule has 0 bridgehead atoms. The van der Waals surface area contributed by atoms with Crippen molar-refractivity contribution in [2.24, 2.45) is 11.8 Å². The lowest BCUT2D eigenvalue weighted by Gasteiger charge is -2.17. The van der Waals surface area contributed by atoms with Gasteiger partial charge in [0.15, 0.2) is 0 Å². The van der Waals surface area contributed by atoms with Gasteiger partial charge in [-0.15, -0.1) is 11.6 Å². The molecule has 0 saturated heterocycles. The molecule has 0 heterocycles. The molecule has 1 rings (SSSR count). The second-order valence-electron chi connectivity index (χ2n) is 5.82. The van der Waals surface area contributed by atoms with Gasteiger partial charge in [0.1, 0.15) is 0 Å². The van der Waals surface area contributed by atoms with E-state index in [4.69, 9.17) is 11.6 Å². The van der Waals surface area contributed by atoms with Crippen LogP contribution in [0.4, 0.5) is 0 Å². The molecule has 1 unspecified atom stereocenters. The summed E-state index contributed by atoms with van der Waals surface area (Å²) in [7, 11) is 0. The van der Waals surface area contributed by atoms with Gasteiger partial charge in [0, 0.05) is 5.88 Å². The second kappa shape index (κ2) is 7.06. The highest BCUT2D eigenvalue weighted by Gasteiger charge is 2.12. The van der Waals surface area contributed by atoms with Crippen LogP contribution < -0.4 is 0 Å². The molecule has 0 N–H and O–H groups in total. The molecule has 0 fully saturated rings. The summed E-state index contributed by atoms with van der Waals surface area (Å²) in [6.07, 6.45) is 2.34. The van der Waals surface area contributed by atoms with Gasteiger partial charge >= 0.3 is 0 Å². The maximum atomic E-state index is 6.07. The van der Waals surface area contributed by atoms with Crippen LogP contribution in [0.5, 0.6) is 0 Å². The van der Waals surface area contributed by atoms with E-state index in [0.717, 1.165) is 18.2 Å². The third-order valence-corrected chi connectivity index (χ3v) is 3.41. The Bertz CT molecular complexity index is 311. The summed E-state index contributed by atoms with van der Waals surface area (Å²) in [6, 6.07) is 9.03. The summed E-state index contributed by atoms with van der Waals surface area (Å²) in [5.74, 6) is 2.65. The number of hydrogen-bond acceptors (Lipinski definition) is 0. The third kappa shape index (κ3) is 5.12. The summed E-state index contributed by atoms with van der Waals surface area (Å²) in [4.78, 5) is 0. The van der Waals surface area contributed by atoms with Crippen LogP contribution in [-0.4, -0.2) is 5.88 Å². The number of benzene rings is 1. The highest BCUT2D eigenvalue weighted by Crippen LogP contribution is 2.25. The molecular weight excluding hydrogens is 228 g/mol. The monoisotopic (exact) mass is 252 g/mol. The van der Waals surface area contributed by atoms with Crippen LogP contribution in [0.1, 0.15) is 51.2 Å². The minimum Gasteiger partial charge on any atom is -0.126 e. The lowest BCUT2D eigenvalue weighted by molar-refractivity contribution is 0.526. The smallest absolute Gasteiger partial charge is 0.0292 e. The van der Waals surface area contributed by atoms with Gasteiger partial charge in [0.05, 0.1) is 0 Å². The number of rotatable bonds is 6. The van der Waals surface area contributed by atoms with Crippen LogP contribution in [0.15, 0.2) is 24.3 Å². The third-order valence-electron chi connectivity index (χ3n) is 3.04. The summed E-state index contributed by atoms with van der Waals surface area (Å²) < 4.78 is 0. The summed E-state index contributed by atoms with van der Waals surface area (Å²) in [5, 5.41) is 0. The van der Waals surface area contributed by atoms with Crippen molar-refractivity contribution in [1.82, 2.24) is 0 Å². The average molecular weight is 253 g/mol. The van der Waals surface area contributed by atoms with Crippen LogP contribution in [0.2, 0.25) is 0 Å². The molecule has 0 amide bonds. The molecule has 96 valence electrons. The molecule has 1 aromatic rings. The quantitative estimate of drug-likeness (QED) is 0.607. The van der Waals surface area contributed by atoms with Crippen LogP contribution >= 0.6 is 11.6 Å². The summed E-state index contributed by atoms with van der Waals surface area (Å²) in [6.45, 7) is 9.03. The lowest BCUT2D eigenvalue weighted by Crippen LogP contribution is -2.05. The van der Waals surface area contributed by atoms with Crippen LogP contribution in [-0.2, 0) is 6.42 Å². The predicted octanol–water partition coefficient (Wildman–Crippen LogP) is 5.25. The van der Waals surface area contributed by atoms with Gasteiger partial charge in [0.25, 0.3) is 0 Å². The Labute approximate surface area is 111 Å². The normalized spacial score (nSPS) is 13.4. The zero-order chi connectivity index (χ0) is 12.8. The number of alkyl halides is 1. The van der Waals surface area contributed by atoms with Crippen molar-refractivity contribution >= 4 is 11.6 Å². The Balaban J connectivity index is 2.70. The molecule has 0 saturated carbocycles. The van der Waals surface area contributed by atoms with Crippen LogP contribution in [0.25, 0.3) is 0 Å². The maximum Gasteiger partial charge on any atom is 0.0292 e. The van der Waals surface area contributed by atoms with Gasteiger partial charge < -0.3 is 0 Å². The van der Waals surface area contributed by atoms with E-state index in [1.165, 1.54) is 17.5 Å². The highest BCUT2D eigenvalue weighted by atomic mass is 35.5. The maximum absolute atomic E-state index is 6.07. The van der Waals surface area contributed by atoms with Gasteiger partial charge in [-0.2, -0.15) is 0 Å². The number of hydrogen-bond donors (Lipinski definition) is 0. The number of halogens is 1. The Morgan fingerprint density at radius 2 is 1.53 bits per heavy atom. The first kappa shape index (κ1) is 14.6. The Morgan fingerprint density at radius 1 is 0.941 bits per heavy atom. The summed E-state index contributed by atoms with van der Waals surface area (Å²) in [5.41, 5.74) is 2.82. The molecule has 17 heavy (non-hydrogen) atoms. The molecule has 1 aromatic carbocycles. The fraction of sp³-hybridized carbons (Fsp3) is 0.625. The first-order valence-electron chi connectivity index (χ1n) is 6.67. The lowest BCUT2D eigenvalue weighted by atomic mass is 9.90. The van der Waals surface area contributed by atoms with Crippen molar-refractivity contribution < 1.29 is 0 Å². The van der Waals surface area contributed by atoms with E-state index < -0.39 is 0 Å². The predicted molar refractivity (Wildman–Crippen MR) is 77.9 cm³/mol. The molecule has 0 aromatic heterocycles. The SMILES string of the molecule is CC(C)Cc1ccc(C(CCl)CC(C)C)cc1. The molecule has 0 radical (unpaired) electrons. The average Bonchev–Trinajstić information content (AvgIpc) is 2.26. The van der Waals surface area contributed by atoms with Crippen molar-refractivity contribution in [2.45, 2.75) is 46.5 Å². The topological polar surface area (TPSA) is 0 Å². The molecule has 0 spiro atoms. The highest BCUT2D eigenvalue weighted by molar-refractivity contribution is 6.18.